The highest BCUT2D eigenvalue weighted by atomic mass is 14.2. The van der Waals surface area contributed by atoms with E-state index in [0.717, 1.165) is 6.42 Å². The van der Waals surface area contributed by atoms with Gasteiger partial charge in [0.05, 0.1) is 0 Å². The van der Waals surface area contributed by atoms with Crippen LogP contribution in [0.25, 0.3) is 22.3 Å². The van der Waals surface area contributed by atoms with Crippen LogP contribution < -0.4 is 0 Å². The van der Waals surface area contributed by atoms with Gasteiger partial charge in [-0.25, -0.2) is 0 Å². The Balaban J connectivity index is 2.24. The summed E-state index contributed by atoms with van der Waals surface area (Å²) in [6, 6.07) is 24.4. The van der Waals surface area contributed by atoms with Crippen LogP contribution in [-0.2, 0) is 0 Å². The summed E-state index contributed by atoms with van der Waals surface area (Å²) in [5.41, 5.74) is 9.45. The van der Waals surface area contributed by atoms with Crippen molar-refractivity contribution in [1.29, 1.82) is 0 Å². The minimum absolute atomic E-state index is 0.562. The van der Waals surface area contributed by atoms with Gasteiger partial charge in [-0.15, -0.1) is 0 Å². The lowest BCUT2D eigenvalue weighted by Gasteiger charge is -2.20. The fourth-order valence-corrected chi connectivity index (χ4v) is 3.37. The third-order valence-electron chi connectivity index (χ3n) is 5.01. The predicted molar refractivity (Wildman–Crippen MR) is 105 cm³/mol. The molecule has 122 valence electrons. The average molecular weight is 314 g/mol. The molecule has 24 heavy (non-hydrogen) atoms. The molecule has 0 fully saturated rings. The summed E-state index contributed by atoms with van der Waals surface area (Å²) in [5.74, 6) is 0.562. The Labute approximate surface area is 146 Å². The van der Waals surface area contributed by atoms with E-state index in [9.17, 15) is 0 Å². The minimum Gasteiger partial charge on any atom is -0.0648 e. The van der Waals surface area contributed by atoms with Crippen LogP contribution >= 0.6 is 0 Å². The van der Waals surface area contributed by atoms with E-state index in [1.807, 2.05) is 0 Å². The fourth-order valence-electron chi connectivity index (χ4n) is 3.37. The molecule has 0 saturated heterocycles. The van der Waals surface area contributed by atoms with Gasteiger partial charge in [0.15, 0.2) is 0 Å². The second-order valence-electron chi connectivity index (χ2n) is 6.76. The van der Waals surface area contributed by atoms with Crippen molar-refractivity contribution in [1.82, 2.24) is 0 Å². The molecule has 3 aromatic carbocycles. The second kappa shape index (κ2) is 7.05. The standard InChI is InChI=1S/C24H26/c1-5-18(3)21-10-6-7-11-23(21)24-19(4)9-8-12-22(24)20-15-13-17(2)14-16-20/h6-16,18H,5H2,1-4H3. The van der Waals surface area contributed by atoms with Gasteiger partial charge in [0, 0.05) is 0 Å². The predicted octanol–water partition coefficient (Wildman–Crippen LogP) is 7.15. The van der Waals surface area contributed by atoms with Gasteiger partial charge >= 0.3 is 0 Å². The van der Waals surface area contributed by atoms with Crippen LogP contribution in [-0.4, -0.2) is 0 Å². The van der Waals surface area contributed by atoms with Crippen LogP contribution in [0.4, 0.5) is 0 Å². The van der Waals surface area contributed by atoms with Crippen LogP contribution in [0.5, 0.6) is 0 Å². The van der Waals surface area contributed by atoms with Crippen LogP contribution in [0.1, 0.15) is 42.9 Å². The zero-order valence-corrected chi connectivity index (χ0v) is 15.1. The molecule has 0 aliphatic heterocycles. The summed E-state index contributed by atoms with van der Waals surface area (Å²) in [4.78, 5) is 0. The van der Waals surface area contributed by atoms with Crippen molar-refractivity contribution in [2.24, 2.45) is 0 Å². The summed E-state index contributed by atoms with van der Waals surface area (Å²) in [6.07, 6.45) is 1.16. The highest BCUT2D eigenvalue weighted by Crippen LogP contribution is 2.39. The van der Waals surface area contributed by atoms with Gasteiger partial charge < -0.3 is 0 Å². The molecule has 0 nitrogen and oxygen atoms in total. The first kappa shape index (κ1) is 16.5. The van der Waals surface area contributed by atoms with Crippen molar-refractivity contribution >= 4 is 0 Å². The molecule has 0 spiro atoms. The molecule has 0 N–H and O–H groups in total. The summed E-state index contributed by atoms with van der Waals surface area (Å²) in [5, 5.41) is 0. The van der Waals surface area contributed by atoms with Crippen LogP contribution in [0.15, 0.2) is 66.7 Å². The number of rotatable bonds is 4. The minimum atomic E-state index is 0.562. The Hall–Kier alpha value is -2.34. The highest BCUT2D eigenvalue weighted by molar-refractivity contribution is 5.87. The second-order valence-corrected chi connectivity index (χ2v) is 6.76. The fraction of sp³-hybridized carbons (Fsp3) is 0.250. The Morgan fingerprint density at radius 2 is 1.42 bits per heavy atom. The lowest BCUT2D eigenvalue weighted by Crippen LogP contribution is -1.98. The van der Waals surface area contributed by atoms with Gasteiger partial charge in [-0.1, -0.05) is 86.1 Å². The van der Waals surface area contributed by atoms with E-state index in [1.54, 1.807) is 0 Å². The van der Waals surface area contributed by atoms with E-state index in [1.165, 1.54) is 38.9 Å². The number of aryl methyl sites for hydroxylation is 2. The first-order chi connectivity index (χ1) is 11.6. The summed E-state index contributed by atoms with van der Waals surface area (Å²) in [6.45, 7) is 8.95. The van der Waals surface area contributed by atoms with Gasteiger partial charge in [-0.05, 0) is 59.6 Å². The molecule has 0 heteroatoms. The van der Waals surface area contributed by atoms with Crippen molar-refractivity contribution in [3.63, 3.8) is 0 Å². The molecular weight excluding hydrogens is 288 g/mol. The van der Waals surface area contributed by atoms with E-state index in [0.29, 0.717) is 5.92 Å². The van der Waals surface area contributed by atoms with E-state index >= 15 is 0 Å². The summed E-state index contributed by atoms with van der Waals surface area (Å²) in [7, 11) is 0. The van der Waals surface area contributed by atoms with Gasteiger partial charge in [-0.2, -0.15) is 0 Å². The molecule has 1 unspecified atom stereocenters. The molecule has 0 aromatic heterocycles. The normalized spacial score (nSPS) is 12.2. The monoisotopic (exact) mass is 314 g/mol. The number of benzene rings is 3. The Kier molecular flexibility index (Phi) is 4.85. The number of hydrogen-bond donors (Lipinski definition) is 0. The lowest BCUT2D eigenvalue weighted by atomic mass is 9.84. The molecule has 3 rings (SSSR count). The first-order valence-electron chi connectivity index (χ1n) is 8.87. The molecular formula is C24H26. The molecule has 0 aliphatic carbocycles. The topological polar surface area (TPSA) is 0 Å². The van der Waals surface area contributed by atoms with Crippen LogP contribution in [0.3, 0.4) is 0 Å². The quantitative estimate of drug-likeness (QED) is 0.479. The van der Waals surface area contributed by atoms with Crippen molar-refractivity contribution < 1.29 is 0 Å². The molecule has 0 aliphatic rings. The first-order valence-corrected chi connectivity index (χ1v) is 8.87. The molecule has 0 amide bonds. The van der Waals surface area contributed by atoms with Gasteiger partial charge in [0.1, 0.15) is 0 Å². The summed E-state index contributed by atoms with van der Waals surface area (Å²) < 4.78 is 0. The Morgan fingerprint density at radius 1 is 0.750 bits per heavy atom. The molecule has 0 radical (unpaired) electrons. The van der Waals surface area contributed by atoms with E-state index in [2.05, 4.69) is 94.4 Å². The largest absolute Gasteiger partial charge is 0.0648 e. The van der Waals surface area contributed by atoms with Crippen LogP contribution in [0, 0.1) is 13.8 Å². The Morgan fingerprint density at radius 3 is 2.12 bits per heavy atom. The zero-order chi connectivity index (χ0) is 17.1. The molecule has 0 heterocycles. The van der Waals surface area contributed by atoms with Crippen molar-refractivity contribution in [2.75, 3.05) is 0 Å². The molecule has 0 saturated carbocycles. The average Bonchev–Trinajstić information content (AvgIpc) is 2.61. The number of hydrogen-bond acceptors (Lipinski definition) is 0. The zero-order valence-electron chi connectivity index (χ0n) is 15.1. The van der Waals surface area contributed by atoms with Gasteiger partial charge in [0.25, 0.3) is 0 Å². The molecule has 3 aromatic rings. The van der Waals surface area contributed by atoms with E-state index in [-0.39, 0.29) is 0 Å². The third kappa shape index (κ3) is 3.14. The van der Waals surface area contributed by atoms with E-state index < -0.39 is 0 Å². The third-order valence-corrected chi connectivity index (χ3v) is 5.01. The lowest BCUT2D eigenvalue weighted by molar-refractivity contribution is 0.735. The van der Waals surface area contributed by atoms with Crippen LogP contribution in [0.2, 0.25) is 0 Å². The highest BCUT2D eigenvalue weighted by Gasteiger charge is 2.15. The van der Waals surface area contributed by atoms with Gasteiger partial charge in [-0.3, -0.25) is 0 Å². The van der Waals surface area contributed by atoms with Crippen molar-refractivity contribution in [2.45, 2.75) is 40.0 Å². The van der Waals surface area contributed by atoms with Gasteiger partial charge in [0.2, 0.25) is 0 Å². The van der Waals surface area contributed by atoms with E-state index in [4.69, 9.17) is 0 Å². The maximum Gasteiger partial charge on any atom is -0.00733 e. The SMILES string of the molecule is CCC(C)c1ccccc1-c1c(C)cccc1-c1ccc(C)cc1. The van der Waals surface area contributed by atoms with Crippen molar-refractivity contribution in [3.05, 3.63) is 83.4 Å². The smallest absolute Gasteiger partial charge is 0.00733 e. The maximum atomic E-state index is 2.32. The molecule has 1 atom stereocenters. The summed E-state index contributed by atoms with van der Waals surface area (Å²) >= 11 is 0. The Bertz CT molecular complexity index is 825. The van der Waals surface area contributed by atoms with Crippen molar-refractivity contribution in [3.8, 4) is 22.3 Å². The molecule has 0 bridgehead atoms. The maximum absolute atomic E-state index is 2.32.